The fourth-order valence-corrected chi connectivity index (χ4v) is 6.36. The highest BCUT2D eigenvalue weighted by Gasteiger charge is 2.48. The highest BCUT2D eigenvalue weighted by Crippen LogP contribution is 2.55. The third-order valence-electron chi connectivity index (χ3n) is 6.90. The van der Waals surface area contributed by atoms with Gasteiger partial charge in [-0.05, 0) is 48.3 Å². The quantitative estimate of drug-likeness (QED) is 0.487. The SMILES string of the molecule is CCN1C2=C(C(=O)CC(C)(C)C2)C(c2cc(Cl)c(OC)c(Cl)c2)C2=C1CC(C)(C)CC2=O. The Bertz CT molecular complexity index is 1000. The largest absolute Gasteiger partial charge is 0.494 e. The van der Waals surface area contributed by atoms with Gasteiger partial charge in [0.15, 0.2) is 17.3 Å². The van der Waals surface area contributed by atoms with Crippen molar-refractivity contribution in [3.05, 3.63) is 50.3 Å². The Kier molecular flexibility index (Phi) is 5.78. The number of allylic oxidation sites excluding steroid dienone is 4. The van der Waals surface area contributed by atoms with Crippen LogP contribution in [0, 0.1) is 10.8 Å². The van der Waals surface area contributed by atoms with Gasteiger partial charge in [0.2, 0.25) is 0 Å². The molecule has 172 valence electrons. The number of rotatable bonds is 3. The highest BCUT2D eigenvalue weighted by atomic mass is 35.5. The average Bonchev–Trinajstić information content (AvgIpc) is 2.64. The van der Waals surface area contributed by atoms with Gasteiger partial charge in [-0.1, -0.05) is 50.9 Å². The summed E-state index contributed by atoms with van der Waals surface area (Å²) in [6, 6.07) is 3.60. The van der Waals surface area contributed by atoms with Crippen LogP contribution < -0.4 is 4.74 Å². The topological polar surface area (TPSA) is 46.6 Å². The zero-order chi connectivity index (χ0) is 23.6. The molecule has 1 aromatic carbocycles. The van der Waals surface area contributed by atoms with Gasteiger partial charge in [0.1, 0.15) is 0 Å². The Labute approximate surface area is 200 Å². The van der Waals surface area contributed by atoms with Gasteiger partial charge < -0.3 is 9.64 Å². The van der Waals surface area contributed by atoms with Crippen molar-refractivity contribution in [2.24, 2.45) is 10.8 Å². The van der Waals surface area contributed by atoms with E-state index in [9.17, 15) is 9.59 Å². The lowest BCUT2D eigenvalue weighted by molar-refractivity contribution is -0.119. The van der Waals surface area contributed by atoms with E-state index in [2.05, 4.69) is 39.5 Å². The molecular weight excluding hydrogens is 445 g/mol. The number of benzene rings is 1. The van der Waals surface area contributed by atoms with Crippen LogP contribution in [0.25, 0.3) is 0 Å². The molecule has 0 saturated heterocycles. The van der Waals surface area contributed by atoms with Gasteiger partial charge in [-0.15, -0.1) is 0 Å². The summed E-state index contributed by atoms with van der Waals surface area (Å²) in [6.07, 6.45) is 2.50. The van der Waals surface area contributed by atoms with Gasteiger partial charge in [-0.25, -0.2) is 0 Å². The molecule has 0 N–H and O–H groups in total. The van der Waals surface area contributed by atoms with E-state index in [0.717, 1.165) is 47.5 Å². The van der Waals surface area contributed by atoms with E-state index in [1.807, 2.05) is 0 Å². The van der Waals surface area contributed by atoms with Gasteiger partial charge >= 0.3 is 0 Å². The summed E-state index contributed by atoms with van der Waals surface area (Å²) in [7, 11) is 1.52. The maximum Gasteiger partial charge on any atom is 0.162 e. The molecule has 0 spiro atoms. The first-order valence-corrected chi connectivity index (χ1v) is 12.0. The Morgan fingerprint density at radius 3 is 1.72 bits per heavy atom. The molecule has 0 atom stereocenters. The molecule has 1 aliphatic heterocycles. The number of Topliss-reactive ketones (excluding diaryl/α,β-unsaturated/α-hetero) is 2. The molecule has 4 rings (SSSR count). The van der Waals surface area contributed by atoms with Crippen LogP contribution in [0.5, 0.6) is 5.75 Å². The summed E-state index contributed by atoms with van der Waals surface area (Å²) in [5.74, 6) is 0.161. The van der Waals surface area contributed by atoms with E-state index in [0.29, 0.717) is 28.6 Å². The van der Waals surface area contributed by atoms with Crippen molar-refractivity contribution in [2.75, 3.05) is 13.7 Å². The first-order chi connectivity index (χ1) is 14.9. The van der Waals surface area contributed by atoms with Crippen LogP contribution in [0.15, 0.2) is 34.7 Å². The van der Waals surface area contributed by atoms with E-state index in [-0.39, 0.29) is 22.4 Å². The van der Waals surface area contributed by atoms with Gasteiger partial charge in [0, 0.05) is 47.8 Å². The van der Waals surface area contributed by atoms with Crippen LogP contribution in [-0.2, 0) is 9.59 Å². The Balaban J connectivity index is 2.01. The molecule has 0 amide bonds. The second-order valence-corrected chi connectivity index (χ2v) is 11.6. The lowest BCUT2D eigenvalue weighted by atomic mass is 9.63. The fraction of sp³-hybridized carbons (Fsp3) is 0.538. The van der Waals surface area contributed by atoms with Crippen LogP contribution in [0.2, 0.25) is 10.0 Å². The molecule has 6 heteroatoms. The normalized spacial score (nSPS) is 22.8. The number of carbonyl (C=O) groups is 2. The predicted octanol–water partition coefficient (Wildman–Crippen LogP) is 6.71. The summed E-state index contributed by atoms with van der Waals surface area (Å²) in [4.78, 5) is 29.4. The summed E-state index contributed by atoms with van der Waals surface area (Å²) in [5, 5.41) is 0.758. The smallest absolute Gasteiger partial charge is 0.162 e. The molecule has 32 heavy (non-hydrogen) atoms. The number of methoxy groups -OCH3 is 1. The van der Waals surface area contributed by atoms with Crippen LogP contribution >= 0.6 is 23.2 Å². The monoisotopic (exact) mass is 475 g/mol. The van der Waals surface area contributed by atoms with Gasteiger partial charge in [0.05, 0.1) is 17.2 Å². The van der Waals surface area contributed by atoms with Crippen LogP contribution in [0.4, 0.5) is 0 Å². The summed E-state index contributed by atoms with van der Waals surface area (Å²) >= 11 is 13.0. The van der Waals surface area contributed by atoms with Crippen molar-refractivity contribution in [1.82, 2.24) is 4.90 Å². The predicted molar refractivity (Wildman–Crippen MR) is 128 cm³/mol. The number of carbonyl (C=O) groups excluding carboxylic acids is 2. The molecule has 4 nitrogen and oxygen atoms in total. The Morgan fingerprint density at radius 1 is 0.906 bits per heavy atom. The molecule has 1 aromatic rings. The highest BCUT2D eigenvalue weighted by molar-refractivity contribution is 6.37. The van der Waals surface area contributed by atoms with Gasteiger partial charge in [-0.2, -0.15) is 0 Å². The second kappa shape index (κ2) is 7.92. The van der Waals surface area contributed by atoms with Crippen LogP contribution in [0.3, 0.4) is 0 Å². The molecular formula is C26H31Cl2NO3. The van der Waals surface area contributed by atoms with Crippen molar-refractivity contribution in [2.45, 2.75) is 66.2 Å². The maximum absolute atomic E-state index is 13.6. The van der Waals surface area contributed by atoms with E-state index < -0.39 is 5.92 Å². The molecule has 0 fully saturated rings. The fourth-order valence-electron chi connectivity index (χ4n) is 5.70. The second-order valence-electron chi connectivity index (χ2n) is 10.8. The van der Waals surface area contributed by atoms with E-state index in [1.165, 1.54) is 7.11 Å². The third kappa shape index (κ3) is 3.80. The standard InChI is InChI=1S/C26H31Cl2NO3/c1-7-29-17-10-25(2,3)12-19(30)22(17)21(14-8-15(27)24(32-6)16(28)9-14)23-18(29)11-26(4,5)13-20(23)31/h8-9,21H,7,10-13H2,1-6H3. The zero-order valence-corrected chi connectivity index (χ0v) is 21.2. The molecule has 3 aliphatic rings. The minimum atomic E-state index is -0.448. The average molecular weight is 476 g/mol. The number of hydrogen-bond donors (Lipinski definition) is 0. The molecule has 2 aliphatic carbocycles. The van der Waals surface area contributed by atoms with Crippen LogP contribution in [0.1, 0.15) is 71.8 Å². The molecule has 0 unspecified atom stereocenters. The number of nitrogens with zero attached hydrogens (tertiary/aromatic N) is 1. The zero-order valence-electron chi connectivity index (χ0n) is 19.7. The van der Waals surface area contributed by atoms with E-state index >= 15 is 0 Å². The number of halogens is 2. The number of hydrogen-bond acceptors (Lipinski definition) is 4. The molecule has 0 saturated carbocycles. The summed E-state index contributed by atoms with van der Waals surface area (Å²) < 4.78 is 5.33. The van der Waals surface area contributed by atoms with Crippen molar-refractivity contribution in [1.29, 1.82) is 0 Å². The number of ketones is 2. The molecule has 1 heterocycles. The molecule has 0 radical (unpaired) electrons. The van der Waals surface area contributed by atoms with Crippen molar-refractivity contribution >= 4 is 34.8 Å². The molecule has 0 bridgehead atoms. The van der Waals surface area contributed by atoms with Crippen LogP contribution in [-0.4, -0.2) is 30.1 Å². The summed E-state index contributed by atoms with van der Waals surface area (Å²) in [5.41, 5.74) is 4.07. The van der Waals surface area contributed by atoms with E-state index in [4.69, 9.17) is 27.9 Å². The minimum Gasteiger partial charge on any atom is -0.494 e. The van der Waals surface area contributed by atoms with Crippen molar-refractivity contribution in [3.8, 4) is 5.75 Å². The van der Waals surface area contributed by atoms with Crippen molar-refractivity contribution in [3.63, 3.8) is 0 Å². The lowest BCUT2D eigenvalue weighted by Gasteiger charge is -2.49. The Morgan fingerprint density at radius 2 is 1.34 bits per heavy atom. The third-order valence-corrected chi connectivity index (χ3v) is 7.46. The Hall–Kier alpha value is -1.78. The maximum atomic E-state index is 13.6. The first-order valence-electron chi connectivity index (χ1n) is 11.2. The minimum absolute atomic E-state index is 0.104. The van der Waals surface area contributed by atoms with Gasteiger partial charge in [0.25, 0.3) is 0 Å². The molecule has 0 aromatic heterocycles. The van der Waals surface area contributed by atoms with E-state index in [1.54, 1.807) is 12.1 Å². The first kappa shape index (κ1) is 23.4. The van der Waals surface area contributed by atoms with Gasteiger partial charge in [-0.3, -0.25) is 9.59 Å². The van der Waals surface area contributed by atoms with Crippen molar-refractivity contribution < 1.29 is 14.3 Å². The number of ether oxygens (including phenoxy) is 1. The summed E-state index contributed by atoms with van der Waals surface area (Å²) in [6.45, 7) is 11.4. The lowest BCUT2D eigenvalue weighted by Crippen LogP contribution is -2.44.